The molecule has 0 aromatic carbocycles. The van der Waals surface area contributed by atoms with E-state index in [9.17, 15) is 19.8 Å². The fourth-order valence-corrected chi connectivity index (χ4v) is 1.63. The van der Waals surface area contributed by atoms with Crippen molar-refractivity contribution >= 4 is 11.6 Å². The Kier molecular flexibility index (Phi) is 4.03. The van der Waals surface area contributed by atoms with Crippen LogP contribution in [0.1, 0.15) is 20.8 Å². The summed E-state index contributed by atoms with van der Waals surface area (Å²) in [6, 6.07) is 0. The Morgan fingerprint density at radius 1 is 1.28 bits per heavy atom. The van der Waals surface area contributed by atoms with Gasteiger partial charge >= 0.3 is 0 Å². The number of carbonyl (C=O) groups excluding carboxylic acids is 2. The lowest BCUT2D eigenvalue weighted by atomic mass is 9.81. The molecule has 4 heteroatoms. The molecule has 1 aliphatic rings. The Bertz CT molecular complexity index is 502. The van der Waals surface area contributed by atoms with E-state index in [0.29, 0.717) is 0 Å². The molecule has 2 N–H and O–H groups in total. The molecule has 0 heterocycles. The summed E-state index contributed by atoms with van der Waals surface area (Å²) in [6.45, 7) is 4.44. The topological polar surface area (TPSA) is 74.6 Å². The minimum absolute atomic E-state index is 0.0575. The zero-order valence-electron chi connectivity index (χ0n) is 10.6. The lowest BCUT2D eigenvalue weighted by molar-refractivity contribution is -0.144. The molecule has 0 saturated carbocycles. The summed E-state index contributed by atoms with van der Waals surface area (Å²) in [5.74, 6) is -1.70. The predicted molar refractivity (Wildman–Crippen MR) is 68.0 cm³/mol. The van der Waals surface area contributed by atoms with Gasteiger partial charge in [-0.05, 0) is 38.5 Å². The van der Waals surface area contributed by atoms with Crippen LogP contribution in [-0.4, -0.2) is 27.4 Å². The van der Waals surface area contributed by atoms with Crippen LogP contribution in [-0.2, 0) is 9.59 Å². The maximum atomic E-state index is 11.9. The lowest BCUT2D eigenvalue weighted by Gasteiger charge is -2.25. The SMILES string of the molecule is CC=CC=CC(O)=C1C=C(C)C(=O)[C@@](C)(O)C1=O. The maximum Gasteiger partial charge on any atom is 0.205 e. The van der Waals surface area contributed by atoms with Crippen molar-refractivity contribution in [2.75, 3.05) is 0 Å². The number of hydrogen-bond acceptors (Lipinski definition) is 4. The van der Waals surface area contributed by atoms with Crippen LogP contribution >= 0.6 is 0 Å². The van der Waals surface area contributed by atoms with Crippen LogP contribution in [0, 0.1) is 0 Å². The van der Waals surface area contributed by atoms with Crippen LogP contribution in [0.2, 0.25) is 0 Å². The number of aliphatic hydroxyl groups excluding tert-OH is 1. The molecule has 0 aromatic heterocycles. The molecular weight excluding hydrogens is 232 g/mol. The van der Waals surface area contributed by atoms with Crippen molar-refractivity contribution in [3.05, 3.63) is 47.3 Å². The average Bonchev–Trinajstić information content (AvgIpc) is 2.32. The van der Waals surface area contributed by atoms with Crippen LogP contribution in [0.5, 0.6) is 0 Å². The second kappa shape index (κ2) is 5.14. The van der Waals surface area contributed by atoms with Crippen LogP contribution < -0.4 is 0 Å². The first kappa shape index (κ1) is 14.1. The molecule has 96 valence electrons. The highest BCUT2D eigenvalue weighted by atomic mass is 16.3. The molecule has 1 atom stereocenters. The first-order valence-electron chi connectivity index (χ1n) is 5.55. The minimum atomic E-state index is -2.10. The van der Waals surface area contributed by atoms with Gasteiger partial charge in [0, 0.05) is 0 Å². The number of Topliss-reactive ketones (excluding diaryl/α,β-unsaturated/α-hetero) is 2. The van der Waals surface area contributed by atoms with E-state index < -0.39 is 17.2 Å². The maximum absolute atomic E-state index is 11.9. The third kappa shape index (κ3) is 2.49. The molecule has 0 spiro atoms. The summed E-state index contributed by atoms with van der Waals surface area (Å²) in [5.41, 5.74) is -1.92. The van der Waals surface area contributed by atoms with Crippen molar-refractivity contribution in [1.29, 1.82) is 0 Å². The molecule has 0 radical (unpaired) electrons. The molecule has 0 aromatic rings. The van der Waals surface area contributed by atoms with Crippen molar-refractivity contribution in [2.24, 2.45) is 0 Å². The van der Waals surface area contributed by atoms with Crippen molar-refractivity contribution in [2.45, 2.75) is 26.4 Å². The third-order valence-electron chi connectivity index (χ3n) is 2.68. The third-order valence-corrected chi connectivity index (χ3v) is 2.68. The molecule has 0 fully saturated rings. The quantitative estimate of drug-likeness (QED) is 0.338. The number of hydrogen-bond donors (Lipinski definition) is 2. The molecule has 1 rings (SSSR count). The Labute approximate surface area is 106 Å². The van der Waals surface area contributed by atoms with Crippen LogP contribution in [0.15, 0.2) is 47.3 Å². The van der Waals surface area contributed by atoms with Gasteiger partial charge in [0.25, 0.3) is 0 Å². The van der Waals surface area contributed by atoms with Crippen molar-refractivity contribution in [3.63, 3.8) is 0 Å². The fraction of sp³-hybridized carbons (Fsp3) is 0.286. The monoisotopic (exact) mass is 248 g/mol. The Hall–Kier alpha value is -1.94. The number of aliphatic hydroxyl groups is 2. The van der Waals surface area contributed by atoms with E-state index in [-0.39, 0.29) is 16.9 Å². The highest BCUT2D eigenvalue weighted by Gasteiger charge is 2.44. The van der Waals surface area contributed by atoms with Crippen LogP contribution in [0.3, 0.4) is 0 Å². The summed E-state index contributed by atoms with van der Waals surface area (Å²) in [7, 11) is 0. The Morgan fingerprint density at radius 2 is 1.89 bits per heavy atom. The minimum Gasteiger partial charge on any atom is -0.507 e. The van der Waals surface area contributed by atoms with Gasteiger partial charge in [0.15, 0.2) is 11.4 Å². The summed E-state index contributed by atoms with van der Waals surface area (Å²) in [4.78, 5) is 23.5. The molecule has 0 bridgehead atoms. The number of allylic oxidation sites excluding steroid dienone is 5. The first-order chi connectivity index (χ1) is 8.32. The van der Waals surface area contributed by atoms with E-state index in [1.54, 1.807) is 18.2 Å². The van der Waals surface area contributed by atoms with Gasteiger partial charge in [-0.15, -0.1) is 0 Å². The van der Waals surface area contributed by atoms with E-state index >= 15 is 0 Å². The van der Waals surface area contributed by atoms with Gasteiger partial charge in [-0.25, -0.2) is 0 Å². The molecule has 18 heavy (non-hydrogen) atoms. The normalized spacial score (nSPS) is 28.1. The van der Waals surface area contributed by atoms with Gasteiger partial charge in [0.1, 0.15) is 5.76 Å². The Balaban J connectivity index is 3.29. The molecule has 0 aliphatic heterocycles. The fourth-order valence-electron chi connectivity index (χ4n) is 1.63. The number of carbonyl (C=O) groups is 2. The van der Waals surface area contributed by atoms with Crippen LogP contribution in [0.4, 0.5) is 0 Å². The smallest absolute Gasteiger partial charge is 0.205 e. The Morgan fingerprint density at radius 3 is 2.44 bits per heavy atom. The van der Waals surface area contributed by atoms with Gasteiger partial charge in [0.2, 0.25) is 5.78 Å². The van der Waals surface area contributed by atoms with E-state index in [1.165, 1.54) is 19.1 Å². The van der Waals surface area contributed by atoms with Gasteiger partial charge in [-0.2, -0.15) is 0 Å². The zero-order chi connectivity index (χ0) is 13.9. The zero-order valence-corrected chi connectivity index (χ0v) is 10.6. The molecule has 0 saturated heterocycles. The molecule has 1 aliphatic carbocycles. The molecule has 4 nitrogen and oxygen atoms in total. The lowest BCUT2D eigenvalue weighted by Crippen LogP contribution is -2.47. The molecule has 0 amide bonds. The number of rotatable bonds is 2. The van der Waals surface area contributed by atoms with Crippen LogP contribution in [0.25, 0.3) is 0 Å². The molecular formula is C14H16O4. The average molecular weight is 248 g/mol. The van der Waals surface area contributed by atoms with Gasteiger partial charge in [0.05, 0.1) is 5.57 Å². The van der Waals surface area contributed by atoms with Gasteiger partial charge in [-0.3, -0.25) is 9.59 Å². The largest absolute Gasteiger partial charge is 0.507 e. The van der Waals surface area contributed by atoms with E-state index in [2.05, 4.69) is 0 Å². The standard InChI is InChI=1S/C14H16O4/c1-4-5-6-7-11(15)10-8-9(2)12(16)14(3,18)13(10)17/h4-8,15,18H,1-3H3/t14-/m1/s1. The summed E-state index contributed by atoms with van der Waals surface area (Å²) in [6.07, 6.45) is 7.63. The summed E-state index contributed by atoms with van der Waals surface area (Å²) < 4.78 is 0. The molecule has 0 unspecified atom stereocenters. The predicted octanol–water partition coefficient (Wildman–Crippen LogP) is 1.78. The summed E-state index contributed by atoms with van der Waals surface area (Å²) >= 11 is 0. The first-order valence-corrected chi connectivity index (χ1v) is 5.55. The highest BCUT2D eigenvalue weighted by Crippen LogP contribution is 2.26. The van der Waals surface area contributed by atoms with E-state index in [4.69, 9.17) is 0 Å². The number of ketones is 2. The van der Waals surface area contributed by atoms with Gasteiger partial charge in [-0.1, -0.05) is 18.2 Å². The van der Waals surface area contributed by atoms with Crippen molar-refractivity contribution in [3.8, 4) is 0 Å². The second-order valence-electron chi connectivity index (χ2n) is 4.24. The van der Waals surface area contributed by atoms with Gasteiger partial charge < -0.3 is 10.2 Å². The van der Waals surface area contributed by atoms with E-state index in [0.717, 1.165) is 6.92 Å². The second-order valence-corrected chi connectivity index (χ2v) is 4.24. The van der Waals surface area contributed by atoms with Crippen molar-refractivity contribution in [1.82, 2.24) is 0 Å². The summed E-state index contributed by atoms with van der Waals surface area (Å²) in [5, 5.41) is 19.6. The highest BCUT2D eigenvalue weighted by molar-refractivity contribution is 6.26. The van der Waals surface area contributed by atoms with Crippen molar-refractivity contribution < 1.29 is 19.8 Å². The van der Waals surface area contributed by atoms with E-state index in [1.807, 2.05) is 6.92 Å².